The van der Waals surface area contributed by atoms with Crippen molar-refractivity contribution in [1.82, 2.24) is 30.0 Å². The summed E-state index contributed by atoms with van der Waals surface area (Å²) < 4.78 is 23.6. The zero-order chi connectivity index (χ0) is 31.1. The fourth-order valence-corrected chi connectivity index (χ4v) is 9.88. The van der Waals surface area contributed by atoms with E-state index in [1.165, 1.54) is 12.8 Å². The summed E-state index contributed by atoms with van der Waals surface area (Å²) in [5, 5.41) is 20.5. The van der Waals surface area contributed by atoms with Gasteiger partial charge >= 0.3 is 6.01 Å². The predicted molar refractivity (Wildman–Crippen MR) is 176 cm³/mol. The number of nitrogens with zero attached hydrogens (tertiary/aromatic N) is 6. The van der Waals surface area contributed by atoms with Crippen molar-refractivity contribution in [2.24, 2.45) is 5.41 Å². The summed E-state index contributed by atoms with van der Waals surface area (Å²) in [6.45, 7) is 4.24. The Kier molecular flexibility index (Phi) is 6.64. The molecule has 1 aromatic carbocycles. The van der Waals surface area contributed by atoms with Gasteiger partial charge < -0.3 is 14.7 Å². The second-order valence-electron chi connectivity index (χ2n) is 14.6. The molecule has 0 amide bonds. The van der Waals surface area contributed by atoms with Crippen LogP contribution in [0.2, 0.25) is 5.02 Å². The number of aromatic amines is 1. The molecule has 2 N–H and O–H groups in total. The molecule has 3 aromatic heterocycles. The second-order valence-corrected chi connectivity index (χ2v) is 15.0. The summed E-state index contributed by atoms with van der Waals surface area (Å²) >= 11 is 6.86. The lowest BCUT2D eigenvalue weighted by molar-refractivity contribution is -0.136. The SMILES string of the molecule is OC12CC/C=C\Cc3c(Cl)cc4[nH]ncc4c3-c3ncc4c(nc(OCC56CCCN5CCC6)nc4c3F)N3CCCC(C3)(C1)C2. The molecule has 4 fully saturated rings. The third kappa shape index (κ3) is 4.54. The van der Waals surface area contributed by atoms with E-state index >= 15 is 4.39 Å². The van der Waals surface area contributed by atoms with Crippen LogP contribution in [-0.2, 0) is 6.42 Å². The number of nitrogens with one attached hydrogen (secondary N) is 1. The number of aliphatic hydroxyl groups is 1. The van der Waals surface area contributed by atoms with Crippen molar-refractivity contribution in [2.75, 3.05) is 37.7 Å². The van der Waals surface area contributed by atoms with Crippen LogP contribution in [0.5, 0.6) is 6.01 Å². The van der Waals surface area contributed by atoms with Gasteiger partial charge in [0.25, 0.3) is 0 Å². The van der Waals surface area contributed by atoms with Crippen LogP contribution in [-0.4, -0.2) is 79.1 Å². The van der Waals surface area contributed by atoms with Crippen LogP contribution in [0.15, 0.2) is 30.6 Å². The van der Waals surface area contributed by atoms with Crippen LogP contribution >= 0.6 is 11.6 Å². The van der Waals surface area contributed by atoms with Gasteiger partial charge in [-0.3, -0.25) is 15.0 Å². The molecule has 1 aliphatic carbocycles. The minimum Gasteiger partial charge on any atom is -0.461 e. The molecule has 0 radical (unpaired) electrons. The molecule has 9 nitrogen and oxygen atoms in total. The molecule has 1 saturated carbocycles. The summed E-state index contributed by atoms with van der Waals surface area (Å²) in [5.74, 6) is 0.141. The Labute approximate surface area is 272 Å². The highest BCUT2D eigenvalue weighted by atomic mass is 35.5. The van der Waals surface area contributed by atoms with Crippen molar-refractivity contribution in [3.8, 4) is 17.3 Å². The number of anilines is 1. The van der Waals surface area contributed by atoms with Crippen LogP contribution < -0.4 is 9.64 Å². The fourth-order valence-electron chi connectivity index (χ4n) is 9.60. The Morgan fingerprint density at radius 2 is 1.83 bits per heavy atom. The quantitative estimate of drug-likeness (QED) is 0.248. The molecule has 7 aliphatic rings. The van der Waals surface area contributed by atoms with Crippen LogP contribution in [0.25, 0.3) is 33.1 Å². The van der Waals surface area contributed by atoms with Crippen molar-refractivity contribution in [1.29, 1.82) is 0 Å². The maximum Gasteiger partial charge on any atom is 0.319 e. The van der Waals surface area contributed by atoms with E-state index in [-0.39, 0.29) is 28.2 Å². The number of fused-ring (bicyclic) bond motifs is 2. The first kappa shape index (κ1) is 28.8. The molecular weight excluding hydrogens is 605 g/mol. The van der Waals surface area contributed by atoms with E-state index in [2.05, 4.69) is 32.1 Å². The molecule has 240 valence electrons. The fraction of sp³-hybridized carbons (Fsp3) is 0.543. The maximum atomic E-state index is 17.1. The first-order valence-corrected chi connectivity index (χ1v) is 17.2. The molecule has 3 saturated heterocycles. The minimum atomic E-state index is -0.669. The second kappa shape index (κ2) is 10.6. The number of hydrogen-bond acceptors (Lipinski definition) is 8. The monoisotopic (exact) mass is 643 g/mol. The number of H-pyrrole nitrogens is 1. The van der Waals surface area contributed by atoms with Gasteiger partial charge in [-0.05, 0) is 101 Å². The predicted octanol–water partition coefficient (Wildman–Crippen LogP) is 6.37. The zero-order valence-corrected chi connectivity index (χ0v) is 26.8. The number of benzene rings is 1. The summed E-state index contributed by atoms with van der Waals surface area (Å²) in [5.41, 5.74) is 1.83. The first-order chi connectivity index (χ1) is 22.3. The van der Waals surface area contributed by atoms with E-state index in [1.54, 1.807) is 12.4 Å². The van der Waals surface area contributed by atoms with Crippen LogP contribution in [0, 0.1) is 11.2 Å². The molecule has 9 heterocycles. The maximum absolute atomic E-state index is 17.1. The highest BCUT2D eigenvalue weighted by Gasteiger charge is 2.54. The number of ether oxygens (including phenoxy) is 1. The summed E-state index contributed by atoms with van der Waals surface area (Å²) in [7, 11) is 0. The Morgan fingerprint density at radius 1 is 1.00 bits per heavy atom. The van der Waals surface area contributed by atoms with Crippen LogP contribution in [0.4, 0.5) is 10.2 Å². The number of halogens is 2. The Hall–Kier alpha value is -3.34. The molecule has 11 heteroatoms. The number of allylic oxidation sites excluding steroid dienone is 2. The molecule has 4 aromatic rings. The van der Waals surface area contributed by atoms with E-state index in [0.29, 0.717) is 40.3 Å². The lowest BCUT2D eigenvalue weighted by Gasteiger charge is -2.57. The van der Waals surface area contributed by atoms with Crippen molar-refractivity contribution in [3.05, 3.63) is 47.0 Å². The van der Waals surface area contributed by atoms with E-state index in [4.69, 9.17) is 31.3 Å². The summed E-state index contributed by atoms with van der Waals surface area (Å²) in [4.78, 5) is 19.3. The standard InChI is InChI=1S/C35H39ClFN7O2/c36-25-15-26-23(17-39-42-26)27-22(25)7-2-1-3-11-35(45)18-33(19-35)8-4-12-43(20-33)31-24-16-38-30(27)28(37)29(24)40-32(41-31)46-21-34-9-5-13-44(34)14-6-10-34/h1-2,15-17,45H,3-14,18-21H2,(H,39,42)/b2-1-. The lowest BCUT2D eigenvalue weighted by Crippen LogP contribution is -2.59. The van der Waals surface area contributed by atoms with Gasteiger partial charge in [0.05, 0.1) is 28.2 Å². The normalized spacial score (nSPS) is 27.9. The third-order valence-corrected chi connectivity index (χ3v) is 11.9. The van der Waals surface area contributed by atoms with Gasteiger partial charge in [0, 0.05) is 35.3 Å². The van der Waals surface area contributed by atoms with E-state index in [9.17, 15) is 5.11 Å². The highest BCUT2D eigenvalue weighted by Crippen LogP contribution is 2.56. The average molecular weight is 644 g/mol. The molecule has 1 spiro atoms. The van der Waals surface area contributed by atoms with Crippen molar-refractivity contribution in [2.45, 2.75) is 81.8 Å². The van der Waals surface area contributed by atoms with Crippen molar-refractivity contribution < 1.29 is 14.2 Å². The highest BCUT2D eigenvalue weighted by molar-refractivity contribution is 6.33. The van der Waals surface area contributed by atoms with Gasteiger partial charge in [-0.1, -0.05) is 23.8 Å². The zero-order valence-electron chi connectivity index (χ0n) is 26.0. The number of pyridine rings is 1. The number of rotatable bonds is 3. The average Bonchev–Trinajstić information content (AvgIpc) is 3.75. The smallest absolute Gasteiger partial charge is 0.319 e. The molecule has 46 heavy (non-hydrogen) atoms. The molecule has 7 bridgehead atoms. The molecular formula is C35H39ClFN7O2. The Balaban J connectivity index is 1.22. The number of piperidine rings is 1. The Morgan fingerprint density at radius 3 is 2.67 bits per heavy atom. The summed E-state index contributed by atoms with van der Waals surface area (Å²) in [6.07, 6.45) is 17.7. The Bertz CT molecular complexity index is 1880. The molecule has 11 rings (SSSR count). The van der Waals surface area contributed by atoms with Gasteiger partial charge in [0.15, 0.2) is 5.82 Å². The van der Waals surface area contributed by atoms with Crippen LogP contribution in [0.1, 0.15) is 69.8 Å². The van der Waals surface area contributed by atoms with Crippen molar-refractivity contribution in [3.63, 3.8) is 0 Å². The van der Waals surface area contributed by atoms with Gasteiger partial charge in [-0.15, -0.1) is 0 Å². The van der Waals surface area contributed by atoms with Gasteiger partial charge in [0.2, 0.25) is 0 Å². The third-order valence-electron chi connectivity index (χ3n) is 11.6. The minimum absolute atomic E-state index is 0.00830. The number of hydrogen-bond donors (Lipinski definition) is 2. The van der Waals surface area contributed by atoms with Crippen molar-refractivity contribution >= 4 is 39.2 Å². The summed E-state index contributed by atoms with van der Waals surface area (Å²) in [6, 6.07) is 2.04. The molecule has 6 aliphatic heterocycles. The van der Waals surface area contributed by atoms with E-state index in [1.807, 2.05) is 6.07 Å². The molecule has 0 unspecified atom stereocenters. The van der Waals surface area contributed by atoms with E-state index in [0.717, 1.165) is 88.5 Å². The van der Waals surface area contributed by atoms with Gasteiger partial charge in [-0.2, -0.15) is 15.1 Å². The van der Waals surface area contributed by atoms with Gasteiger partial charge in [-0.25, -0.2) is 4.39 Å². The molecule has 0 atom stereocenters. The van der Waals surface area contributed by atoms with E-state index < -0.39 is 11.4 Å². The van der Waals surface area contributed by atoms with Gasteiger partial charge in [0.1, 0.15) is 23.6 Å². The largest absolute Gasteiger partial charge is 0.461 e. The number of aromatic nitrogens is 5. The van der Waals surface area contributed by atoms with Crippen LogP contribution in [0.3, 0.4) is 0 Å². The first-order valence-electron chi connectivity index (χ1n) is 16.9. The topological polar surface area (TPSA) is 103 Å². The lowest BCUT2D eigenvalue weighted by atomic mass is 9.55.